The molecule has 2 N–H and O–H groups in total. The first-order valence-corrected chi connectivity index (χ1v) is 7.14. The number of benzene rings is 1. The van der Waals surface area contributed by atoms with Crippen molar-refractivity contribution in [3.8, 4) is 0 Å². The summed E-state index contributed by atoms with van der Waals surface area (Å²) in [4.78, 5) is 0. The molecule has 0 aromatic heterocycles. The minimum Gasteiger partial charge on any atom is -0.328 e. The fourth-order valence-corrected chi connectivity index (χ4v) is 2.61. The van der Waals surface area contributed by atoms with Crippen LogP contribution in [0.4, 0.5) is 0 Å². The first-order chi connectivity index (χ1) is 8.29. The topological polar surface area (TPSA) is 26.0 Å². The fourth-order valence-electron chi connectivity index (χ4n) is 2.61. The molecule has 0 saturated heterocycles. The van der Waals surface area contributed by atoms with E-state index in [1.807, 2.05) is 0 Å². The van der Waals surface area contributed by atoms with Crippen molar-refractivity contribution >= 4 is 0 Å². The van der Waals surface area contributed by atoms with Crippen LogP contribution in [0, 0.1) is 0 Å². The lowest BCUT2D eigenvalue weighted by atomic mass is 9.79. The number of nitrogens with two attached hydrogens (primary N) is 1. The van der Waals surface area contributed by atoms with E-state index in [1.165, 1.54) is 31.2 Å². The van der Waals surface area contributed by atoms with Crippen molar-refractivity contribution in [1.82, 2.24) is 0 Å². The van der Waals surface area contributed by atoms with E-state index >= 15 is 0 Å². The van der Waals surface area contributed by atoms with Crippen molar-refractivity contribution in [3.05, 3.63) is 35.4 Å². The van der Waals surface area contributed by atoms with Crippen LogP contribution in [0.15, 0.2) is 24.3 Å². The Morgan fingerprint density at radius 2 is 2.12 bits per heavy atom. The predicted molar refractivity (Wildman–Crippen MR) is 74.2 cm³/mol. The lowest BCUT2D eigenvalue weighted by Gasteiger charge is -2.26. The van der Waals surface area contributed by atoms with Gasteiger partial charge in [-0.05, 0) is 49.1 Å². The Hall–Kier alpha value is -0.820. The standard InChI is InChI=1S/C16H25N/c1-2-5-16(17)11-10-13-6-3-9-15(12-13)14-7-4-8-14/h3,6,9,12,14,16H,2,4-5,7-8,10-11,17H2,1H3. The summed E-state index contributed by atoms with van der Waals surface area (Å²) in [6.45, 7) is 2.21. The molecule has 1 aliphatic rings. The Balaban J connectivity index is 1.87. The van der Waals surface area contributed by atoms with E-state index in [0.29, 0.717) is 6.04 Å². The van der Waals surface area contributed by atoms with Gasteiger partial charge in [-0.15, -0.1) is 0 Å². The monoisotopic (exact) mass is 231 g/mol. The Kier molecular flexibility index (Phi) is 4.61. The molecule has 0 heterocycles. The molecule has 2 rings (SSSR count). The SMILES string of the molecule is CCCC(N)CCc1cccc(C2CCC2)c1. The Labute approximate surface area is 105 Å². The summed E-state index contributed by atoms with van der Waals surface area (Å²) in [5.74, 6) is 0.847. The summed E-state index contributed by atoms with van der Waals surface area (Å²) in [6.07, 6.45) is 8.81. The number of aryl methyl sites for hydroxylation is 1. The van der Waals surface area contributed by atoms with E-state index in [2.05, 4.69) is 31.2 Å². The first kappa shape index (κ1) is 12.6. The van der Waals surface area contributed by atoms with Crippen LogP contribution >= 0.6 is 0 Å². The maximum atomic E-state index is 6.07. The van der Waals surface area contributed by atoms with E-state index in [1.54, 1.807) is 5.56 Å². The van der Waals surface area contributed by atoms with Crippen LogP contribution in [0.1, 0.15) is 62.5 Å². The molecule has 1 atom stereocenters. The van der Waals surface area contributed by atoms with Crippen LogP contribution in [0.3, 0.4) is 0 Å². The van der Waals surface area contributed by atoms with Crippen LogP contribution in [0.2, 0.25) is 0 Å². The van der Waals surface area contributed by atoms with Crippen molar-refractivity contribution < 1.29 is 0 Å². The van der Waals surface area contributed by atoms with Crippen molar-refractivity contribution in [2.45, 2.75) is 63.8 Å². The third-order valence-electron chi connectivity index (χ3n) is 3.99. The van der Waals surface area contributed by atoms with Gasteiger partial charge < -0.3 is 5.73 Å². The molecule has 1 unspecified atom stereocenters. The van der Waals surface area contributed by atoms with E-state index < -0.39 is 0 Å². The van der Waals surface area contributed by atoms with Crippen LogP contribution in [-0.4, -0.2) is 6.04 Å². The van der Waals surface area contributed by atoms with Crippen molar-refractivity contribution in [2.75, 3.05) is 0 Å². The molecule has 0 radical (unpaired) electrons. The van der Waals surface area contributed by atoms with Gasteiger partial charge in [0.2, 0.25) is 0 Å². The van der Waals surface area contributed by atoms with Gasteiger partial charge in [-0.1, -0.05) is 44.0 Å². The summed E-state index contributed by atoms with van der Waals surface area (Å²) in [5.41, 5.74) is 9.09. The third kappa shape index (κ3) is 3.57. The van der Waals surface area contributed by atoms with Crippen LogP contribution in [-0.2, 0) is 6.42 Å². The van der Waals surface area contributed by atoms with E-state index in [9.17, 15) is 0 Å². The molecule has 1 aliphatic carbocycles. The molecule has 94 valence electrons. The zero-order chi connectivity index (χ0) is 12.1. The minimum atomic E-state index is 0.382. The molecule has 1 heteroatoms. The zero-order valence-electron chi connectivity index (χ0n) is 11.0. The quantitative estimate of drug-likeness (QED) is 0.786. The number of rotatable bonds is 6. The molecule has 0 amide bonds. The van der Waals surface area contributed by atoms with Gasteiger partial charge in [0.1, 0.15) is 0 Å². The maximum Gasteiger partial charge on any atom is 0.00418 e. The molecule has 1 aromatic carbocycles. The highest BCUT2D eigenvalue weighted by Crippen LogP contribution is 2.36. The Morgan fingerprint density at radius 3 is 2.76 bits per heavy atom. The largest absolute Gasteiger partial charge is 0.328 e. The van der Waals surface area contributed by atoms with Crippen molar-refractivity contribution in [1.29, 1.82) is 0 Å². The lowest BCUT2D eigenvalue weighted by molar-refractivity contribution is 0.419. The first-order valence-electron chi connectivity index (χ1n) is 7.14. The van der Waals surface area contributed by atoms with E-state index in [4.69, 9.17) is 5.73 Å². The predicted octanol–water partition coefficient (Wildman–Crippen LogP) is 4.01. The fraction of sp³-hybridized carbons (Fsp3) is 0.625. The molecule has 1 saturated carbocycles. The molecule has 1 fully saturated rings. The minimum absolute atomic E-state index is 0.382. The maximum absolute atomic E-state index is 6.07. The molecular weight excluding hydrogens is 206 g/mol. The highest BCUT2D eigenvalue weighted by atomic mass is 14.6. The van der Waals surface area contributed by atoms with Crippen LogP contribution in [0.25, 0.3) is 0 Å². The number of hydrogen-bond acceptors (Lipinski definition) is 1. The third-order valence-corrected chi connectivity index (χ3v) is 3.99. The van der Waals surface area contributed by atoms with Gasteiger partial charge >= 0.3 is 0 Å². The van der Waals surface area contributed by atoms with Crippen LogP contribution in [0.5, 0.6) is 0 Å². The van der Waals surface area contributed by atoms with Gasteiger partial charge in [0, 0.05) is 6.04 Å². The molecule has 0 aliphatic heterocycles. The average molecular weight is 231 g/mol. The molecule has 1 aromatic rings. The van der Waals surface area contributed by atoms with Gasteiger partial charge in [0.15, 0.2) is 0 Å². The summed E-state index contributed by atoms with van der Waals surface area (Å²) < 4.78 is 0. The van der Waals surface area contributed by atoms with E-state index in [0.717, 1.165) is 25.2 Å². The smallest absolute Gasteiger partial charge is 0.00418 e. The van der Waals surface area contributed by atoms with Crippen molar-refractivity contribution in [3.63, 3.8) is 0 Å². The van der Waals surface area contributed by atoms with Gasteiger partial charge in [-0.3, -0.25) is 0 Å². The molecule has 0 bridgehead atoms. The second kappa shape index (κ2) is 6.20. The normalized spacial score (nSPS) is 17.8. The summed E-state index contributed by atoms with van der Waals surface area (Å²) >= 11 is 0. The summed E-state index contributed by atoms with van der Waals surface area (Å²) in [5, 5.41) is 0. The highest BCUT2D eigenvalue weighted by molar-refractivity contribution is 5.27. The number of hydrogen-bond donors (Lipinski definition) is 1. The summed E-state index contributed by atoms with van der Waals surface area (Å²) in [6, 6.07) is 9.55. The molecule has 1 nitrogen and oxygen atoms in total. The Bertz CT molecular complexity index is 341. The van der Waals surface area contributed by atoms with Gasteiger partial charge in [-0.2, -0.15) is 0 Å². The second-order valence-electron chi connectivity index (χ2n) is 5.46. The lowest BCUT2D eigenvalue weighted by Crippen LogP contribution is -2.20. The van der Waals surface area contributed by atoms with Crippen LogP contribution < -0.4 is 5.73 Å². The molecular formula is C16H25N. The van der Waals surface area contributed by atoms with Crippen molar-refractivity contribution in [2.24, 2.45) is 5.73 Å². The van der Waals surface area contributed by atoms with Gasteiger partial charge in [0.05, 0.1) is 0 Å². The summed E-state index contributed by atoms with van der Waals surface area (Å²) in [7, 11) is 0. The zero-order valence-corrected chi connectivity index (χ0v) is 11.0. The highest BCUT2D eigenvalue weighted by Gasteiger charge is 2.19. The molecule has 17 heavy (non-hydrogen) atoms. The van der Waals surface area contributed by atoms with Gasteiger partial charge in [-0.25, -0.2) is 0 Å². The Morgan fingerprint density at radius 1 is 1.29 bits per heavy atom. The van der Waals surface area contributed by atoms with E-state index in [-0.39, 0.29) is 0 Å². The molecule has 0 spiro atoms. The van der Waals surface area contributed by atoms with Gasteiger partial charge in [0.25, 0.3) is 0 Å². The average Bonchev–Trinajstić information content (AvgIpc) is 2.25. The second-order valence-corrected chi connectivity index (χ2v) is 5.46.